The first-order valence-electron chi connectivity index (χ1n) is 5.83. The monoisotopic (exact) mass is 252 g/mol. The van der Waals surface area contributed by atoms with Gasteiger partial charge in [-0.3, -0.25) is 4.79 Å². The van der Waals surface area contributed by atoms with Crippen LogP contribution in [-0.4, -0.2) is 31.4 Å². The molecule has 1 aliphatic rings. The number of hydrogen-bond acceptors (Lipinski definition) is 2. The van der Waals surface area contributed by atoms with Gasteiger partial charge >= 0.3 is 0 Å². The van der Waals surface area contributed by atoms with Crippen molar-refractivity contribution in [2.24, 2.45) is 5.92 Å². The van der Waals surface area contributed by atoms with Crippen LogP contribution in [0, 0.1) is 5.92 Å². The number of halogens is 1. The molecule has 2 rings (SSSR count). The Hall–Kier alpha value is -1.22. The maximum Gasteiger partial charge on any atom is 0.253 e. The number of anilines is 1. The zero-order valence-corrected chi connectivity index (χ0v) is 10.9. The number of nitrogens with one attached hydrogen (secondary N) is 1. The Labute approximate surface area is 107 Å². The molecule has 0 saturated heterocycles. The van der Waals surface area contributed by atoms with Gasteiger partial charge < -0.3 is 10.2 Å². The molecule has 0 unspecified atom stereocenters. The number of nitrogens with zero attached hydrogens (tertiary/aromatic N) is 1. The van der Waals surface area contributed by atoms with E-state index in [0.29, 0.717) is 10.6 Å². The molecule has 0 radical (unpaired) electrons. The van der Waals surface area contributed by atoms with Crippen molar-refractivity contribution in [1.82, 2.24) is 4.90 Å². The van der Waals surface area contributed by atoms with Crippen LogP contribution < -0.4 is 5.32 Å². The highest BCUT2D eigenvalue weighted by atomic mass is 35.5. The molecule has 0 spiro atoms. The van der Waals surface area contributed by atoms with Crippen molar-refractivity contribution in [1.29, 1.82) is 0 Å². The minimum Gasteiger partial charge on any atom is -0.384 e. The van der Waals surface area contributed by atoms with Gasteiger partial charge in [-0.2, -0.15) is 0 Å². The van der Waals surface area contributed by atoms with E-state index in [1.807, 2.05) is 6.07 Å². The van der Waals surface area contributed by atoms with Crippen molar-refractivity contribution in [3.63, 3.8) is 0 Å². The van der Waals surface area contributed by atoms with E-state index < -0.39 is 0 Å². The molecule has 0 heterocycles. The average molecular weight is 253 g/mol. The highest BCUT2D eigenvalue weighted by molar-refractivity contribution is 6.33. The third-order valence-corrected chi connectivity index (χ3v) is 3.23. The topological polar surface area (TPSA) is 32.3 Å². The van der Waals surface area contributed by atoms with E-state index in [1.165, 1.54) is 12.8 Å². The van der Waals surface area contributed by atoms with Crippen LogP contribution in [0.15, 0.2) is 18.2 Å². The number of carbonyl (C=O) groups is 1. The van der Waals surface area contributed by atoms with Gasteiger partial charge in [0, 0.05) is 26.2 Å². The molecule has 92 valence electrons. The Kier molecular flexibility index (Phi) is 3.57. The molecule has 1 fully saturated rings. The summed E-state index contributed by atoms with van der Waals surface area (Å²) in [5, 5.41) is 3.97. The molecule has 0 atom stereocenters. The highest BCUT2D eigenvalue weighted by Gasteiger charge is 2.21. The SMILES string of the molecule is CN(C)C(=O)c1ccc(Cl)c(NCC2CC2)c1. The number of hydrogen-bond donors (Lipinski definition) is 1. The van der Waals surface area contributed by atoms with Crippen LogP contribution in [0.2, 0.25) is 5.02 Å². The van der Waals surface area contributed by atoms with E-state index in [1.54, 1.807) is 31.1 Å². The second-order valence-corrected chi connectivity index (χ2v) is 5.13. The average Bonchev–Trinajstić information content (AvgIpc) is 3.11. The fourth-order valence-corrected chi connectivity index (χ4v) is 1.81. The van der Waals surface area contributed by atoms with E-state index in [2.05, 4.69) is 5.32 Å². The van der Waals surface area contributed by atoms with Gasteiger partial charge in [0.15, 0.2) is 0 Å². The van der Waals surface area contributed by atoms with Gasteiger partial charge in [0.1, 0.15) is 0 Å². The van der Waals surface area contributed by atoms with Crippen molar-refractivity contribution in [3.8, 4) is 0 Å². The standard InChI is InChI=1S/C13H17ClN2O/c1-16(2)13(17)10-5-6-11(14)12(7-10)15-8-9-3-4-9/h5-7,9,15H,3-4,8H2,1-2H3. The second kappa shape index (κ2) is 4.96. The van der Waals surface area contributed by atoms with Crippen LogP contribution in [0.4, 0.5) is 5.69 Å². The number of amides is 1. The first-order valence-corrected chi connectivity index (χ1v) is 6.21. The predicted molar refractivity (Wildman–Crippen MR) is 70.7 cm³/mol. The lowest BCUT2D eigenvalue weighted by Gasteiger charge is -2.13. The van der Waals surface area contributed by atoms with Crippen molar-refractivity contribution in [2.75, 3.05) is 26.0 Å². The third-order valence-electron chi connectivity index (χ3n) is 2.90. The summed E-state index contributed by atoms with van der Waals surface area (Å²) in [6.45, 7) is 0.944. The molecule has 1 amide bonds. The summed E-state index contributed by atoms with van der Waals surface area (Å²) in [5.41, 5.74) is 1.52. The summed E-state index contributed by atoms with van der Waals surface area (Å²) in [4.78, 5) is 13.4. The van der Waals surface area contributed by atoms with Gasteiger partial charge in [-0.1, -0.05) is 11.6 Å². The Bertz CT molecular complexity index is 427. The Balaban J connectivity index is 2.12. The molecule has 1 N–H and O–H groups in total. The highest BCUT2D eigenvalue weighted by Crippen LogP contribution is 2.30. The van der Waals surface area contributed by atoms with Gasteiger partial charge in [0.2, 0.25) is 0 Å². The van der Waals surface area contributed by atoms with Crippen LogP contribution in [0.5, 0.6) is 0 Å². The molecule has 1 aromatic rings. The summed E-state index contributed by atoms with van der Waals surface area (Å²) in [7, 11) is 3.49. The van der Waals surface area contributed by atoms with Gasteiger partial charge in [-0.05, 0) is 37.0 Å². The molecular weight excluding hydrogens is 236 g/mol. The van der Waals surface area contributed by atoms with Crippen molar-refractivity contribution < 1.29 is 4.79 Å². The molecule has 1 saturated carbocycles. The zero-order chi connectivity index (χ0) is 12.4. The van der Waals surface area contributed by atoms with Gasteiger partial charge in [-0.15, -0.1) is 0 Å². The molecule has 17 heavy (non-hydrogen) atoms. The zero-order valence-electron chi connectivity index (χ0n) is 10.2. The maximum absolute atomic E-state index is 11.8. The normalized spacial score (nSPS) is 14.5. The van der Waals surface area contributed by atoms with E-state index in [-0.39, 0.29) is 5.91 Å². The fraction of sp³-hybridized carbons (Fsp3) is 0.462. The first-order chi connectivity index (χ1) is 8.08. The Morgan fingerprint density at radius 1 is 1.47 bits per heavy atom. The predicted octanol–water partition coefficient (Wildman–Crippen LogP) is 2.86. The Morgan fingerprint density at radius 2 is 2.18 bits per heavy atom. The summed E-state index contributed by atoms with van der Waals surface area (Å²) in [6, 6.07) is 5.35. The van der Waals surface area contributed by atoms with Crippen LogP contribution in [0.1, 0.15) is 23.2 Å². The lowest BCUT2D eigenvalue weighted by Crippen LogP contribution is -2.21. The van der Waals surface area contributed by atoms with Gasteiger partial charge in [0.05, 0.1) is 10.7 Å². The molecule has 3 nitrogen and oxygen atoms in total. The van der Waals surface area contributed by atoms with Crippen LogP contribution >= 0.6 is 11.6 Å². The molecule has 0 aromatic heterocycles. The largest absolute Gasteiger partial charge is 0.384 e. The molecule has 1 aliphatic carbocycles. The first kappa shape index (κ1) is 12.2. The Morgan fingerprint density at radius 3 is 2.76 bits per heavy atom. The van der Waals surface area contributed by atoms with E-state index in [0.717, 1.165) is 18.2 Å². The summed E-state index contributed by atoms with van der Waals surface area (Å²) < 4.78 is 0. The maximum atomic E-state index is 11.8. The molecular formula is C13H17ClN2O. The lowest BCUT2D eigenvalue weighted by molar-refractivity contribution is 0.0827. The molecule has 0 bridgehead atoms. The minimum atomic E-state index is -0.00358. The molecule has 4 heteroatoms. The summed E-state index contributed by atoms with van der Waals surface area (Å²) in [5.74, 6) is 0.774. The molecule has 0 aliphatic heterocycles. The van der Waals surface area contributed by atoms with Crippen LogP contribution in [0.25, 0.3) is 0 Å². The number of rotatable bonds is 4. The third kappa shape index (κ3) is 3.13. The van der Waals surface area contributed by atoms with Crippen molar-refractivity contribution in [3.05, 3.63) is 28.8 Å². The minimum absolute atomic E-state index is 0.00358. The van der Waals surface area contributed by atoms with Crippen LogP contribution in [0.3, 0.4) is 0 Å². The smallest absolute Gasteiger partial charge is 0.253 e. The quantitative estimate of drug-likeness (QED) is 0.894. The summed E-state index contributed by atoms with van der Waals surface area (Å²) >= 11 is 6.10. The van der Waals surface area contributed by atoms with E-state index >= 15 is 0 Å². The molecule has 1 aromatic carbocycles. The van der Waals surface area contributed by atoms with E-state index in [4.69, 9.17) is 11.6 Å². The second-order valence-electron chi connectivity index (χ2n) is 4.72. The van der Waals surface area contributed by atoms with Gasteiger partial charge in [0.25, 0.3) is 5.91 Å². The van der Waals surface area contributed by atoms with Gasteiger partial charge in [-0.25, -0.2) is 0 Å². The van der Waals surface area contributed by atoms with Crippen molar-refractivity contribution >= 4 is 23.2 Å². The van der Waals surface area contributed by atoms with E-state index in [9.17, 15) is 4.79 Å². The van der Waals surface area contributed by atoms with Crippen LogP contribution in [-0.2, 0) is 0 Å². The van der Waals surface area contributed by atoms with Crippen molar-refractivity contribution in [2.45, 2.75) is 12.8 Å². The summed E-state index contributed by atoms with van der Waals surface area (Å²) in [6.07, 6.45) is 2.59. The lowest BCUT2D eigenvalue weighted by atomic mass is 10.1. The number of carbonyl (C=O) groups excluding carboxylic acids is 1. The fourth-order valence-electron chi connectivity index (χ4n) is 1.63. The number of benzene rings is 1.